The average molecular weight is 280 g/mol. The van der Waals surface area contributed by atoms with E-state index in [1.165, 1.54) is 6.92 Å². The fourth-order valence-electron chi connectivity index (χ4n) is 1.27. The van der Waals surface area contributed by atoms with Crippen molar-refractivity contribution in [1.29, 1.82) is 0 Å². The summed E-state index contributed by atoms with van der Waals surface area (Å²) in [5, 5.41) is 0. The summed E-state index contributed by atoms with van der Waals surface area (Å²) < 4.78 is 15.7. The molecule has 0 spiro atoms. The zero-order chi connectivity index (χ0) is 12.6. The smallest absolute Gasteiger partial charge is 0.322 e. The first-order chi connectivity index (χ1) is 7.52. The third-order valence-electron chi connectivity index (χ3n) is 1.75. The number of ether oxygens (including phenoxy) is 3. The van der Waals surface area contributed by atoms with Gasteiger partial charge in [0, 0.05) is 21.7 Å². The summed E-state index contributed by atoms with van der Waals surface area (Å²) in [7, 11) is 0. The van der Waals surface area contributed by atoms with Gasteiger partial charge in [0.25, 0.3) is 0 Å². The first-order valence-electron chi connectivity index (χ1n) is 5.47. The summed E-state index contributed by atoms with van der Waals surface area (Å²) in [4.78, 5) is 22.8. The second kappa shape index (κ2) is 9.91. The fourth-order valence-corrected chi connectivity index (χ4v) is 1.27. The monoisotopic (exact) mass is 280 g/mol. The molecule has 0 radical (unpaired) electrons. The molecular weight excluding hydrogens is 260 g/mol. The number of hydrogen-bond donors (Lipinski definition) is 0. The van der Waals surface area contributed by atoms with Crippen molar-refractivity contribution in [2.24, 2.45) is 0 Å². The van der Waals surface area contributed by atoms with Gasteiger partial charge in [-0.2, -0.15) is 0 Å². The van der Waals surface area contributed by atoms with Gasteiger partial charge in [0.15, 0.2) is 0 Å². The van der Waals surface area contributed by atoms with Crippen LogP contribution in [0.2, 0.25) is 0 Å². The molecule has 0 aromatic carbocycles. The van der Waals surface area contributed by atoms with Crippen molar-refractivity contribution in [3.63, 3.8) is 0 Å². The summed E-state index contributed by atoms with van der Waals surface area (Å²) in [6.45, 7) is 7.33. The molecule has 98 valence electrons. The maximum Gasteiger partial charge on any atom is 0.347 e. The van der Waals surface area contributed by atoms with Crippen molar-refractivity contribution in [1.82, 2.24) is 0 Å². The molecule has 0 aliphatic carbocycles. The van der Waals surface area contributed by atoms with Crippen LogP contribution in [0.4, 0.5) is 0 Å². The minimum atomic E-state index is -1.72. The Kier molecular flexibility index (Phi) is 11.2. The van der Waals surface area contributed by atoms with Gasteiger partial charge in [-0.05, 0) is 27.7 Å². The Morgan fingerprint density at radius 3 is 1.53 bits per heavy atom. The van der Waals surface area contributed by atoms with Crippen molar-refractivity contribution >= 4 is 11.6 Å². The van der Waals surface area contributed by atoms with Gasteiger partial charge in [0.05, 0.1) is 26.2 Å². The van der Waals surface area contributed by atoms with Gasteiger partial charge >= 0.3 is 5.97 Å². The van der Waals surface area contributed by atoms with E-state index < -0.39 is 11.8 Å². The van der Waals surface area contributed by atoms with Crippen LogP contribution in [0.5, 0.6) is 0 Å². The topological polar surface area (TPSA) is 61.8 Å². The van der Waals surface area contributed by atoms with E-state index in [1.807, 2.05) is 0 Å². The second-order valence-electron chi connectivity index (χ2n) is 3.16. The third-order valence-corrected chi connectivity index (χ3v) is 1.75. The van der Waals surface area contributed by atoms with E-state index in [4.69, 9.17) is 14.2 Å². The van der Waals surface area contributed by atoms with Crippen molar-refractivity contribution in [3.05, 3.63) is 0 Å². The van der Waals surface area contributed by atoms with Gasteiger partial charge in [0.2, 0.25) is 5.78 Å². The molecule has 17 heavy (non-hydrogen) atoms. The summed E-state index contributed by atoms with van der Waals surface area (Å²) in [6, 6.07) is 0. The van der Waals surface area contributed by atoms with Crippen LogP contribution in [0.3, 0.4) is 0 Å². The molecule has 0 atom stereocenters. The second-order valence-corrected chi connectivity index (χ2v) is 3.16. The number of carbonyl (C=O) groups is 2. The predicted molar refractivity (Wildman–Crippen MR) is 57.9 cm³/mol. The molecule has 0 rings (SSSR count). The van der Waals surface area contributed by atoms with Crippen LogP contribution in [-0.2, 0) is 45.5 Å². The predicted octanol–water partition coefficient (Wildman–Crippen LogP) is 1.30. The molecular formula is C11H20O5Ti. The van der Waals surface area contributed by atoms with Crippen molar-refractivity contribution in [2.75, 3.05) is 19.8 Å². The fraction of sp³-hybridized carbons (Fsp3) is 0.818. The Balaban J connectivity index is 0. The number of ketones is 2. The molecule has 0 saturated carbocycles. The largest absolute Gasteiger partial charge is 0.347 e. The van der Waals surface area contributed by atoms with E-state index >= 15 is 0 Å². The molecule has 0 saturated heterocycles. The zero-order valence-electron chi connectivity index (χ0n) is 10.9. The maximum absolute atomic E-state index is 11.8. The quantitative estimate of drug-likeness (QED) is 0.362. The Labute approximate surface area is 117 Å². The molecule has 0 N–H and O–H groups in total. The van der Waals surface area contributed by atoms with Crippen LogP contribution in [0.1, 0.15) is 34.1 Å². The maximum atomic E-state index is 11.8. The first kappa shape index (κ1) is 19.3. The number of rotatable bonds is 9. The SMILES string of the molecule is CCOC(OCC)(OCC)C(=O)CC(C)=O.[Ti]. The number of hydrogen-bond acceptors (Lipinski definition) is 5. The Bertz CT molecular complexity index is 225. The van der Waals surface area contributed by atoms with E-state index in [9.17, 15) is 9.59 Å². The van der Waals surface area contributed by atoms with Crippen LogP contribution in [0.25, 0.3) is 0 Å². The van der Waals surface area contributed by atoms with E-state index in [-0.39, 0.29) is 53.7 Å². The molecule has 0 unspecified atom stereocenters. The summed E-state index contributed by atoms with van der Waals surface area (Å²) in [5.41, 5.74) is 0. The van der Waals surface area contributed by atoms with Crippen LogP contribution in [-0.4, -0.2) is 37.4 Å². The first-order valence-corrected chi connectivity index (χ1v) is 5.47. The minimum absolute atomic E-state index is 0. The molecule has 0 amide bonds. The molecule has 0 aliphatic heterocycles. The van der Waals surface area contributed by atoms with E-state index in [2.05, 4.69) is 0 Å². The molecule has 6 heteroatoms. The van der Waals surface area contributed by atoms with Gasteiger partial charge in [-0.15, -0.1) is 0 Å². The summed E-state index contributed by atoms with van der Waals surface area (Å²) in [5.74, 6) is -2.46. The third kappa shape index (κ3) is 6.43. The Morgan fingerprint density at radius 1 is 0.941 bits per heavy atom. The van der Waals surface area contributed by atoms with Gasteiger partial charge in [-0.25, -0.2) is 0 Å². The Morgan fingerprint density at radius 2 is 1.29 bits per heavy atom. The minimum Gasteiger partial charge on any atom is -0.322 e. The summed E-state index contributed by atoms with van der Waals surface area (Å²) in [6.07, 6.45) is -0.250. The van der Waals surface area contributed by atoms with Crippen LogP contribution in [0.15, 0.2) is 0 Å². The Hall–Kier alpha value is -0.0657. The van der Waals surface area contributed by atoms with Crippen LogP contribution < -0.4 is 0 Å². The molecule has 5 nitrogen and oxygen atoms in total. The normalized spacial score (nSPS) is 10.8. The van der Waals surface area contributed by atoms with Crippen LogP contribution in [0, 0.1) is 0 Å². The number of Topliss-reactive ketones (excluding diaryl/α,β-unsaturated/α-hetero) is 2. The van der Waals surface area contributed by atoms with Gasteiger partial charge < -0.3 is 14.2 Å². The molecule has 0 heterocycles. The molecule has 0 fully saturated rings. The zero-order valence-corrected chi connectivity index (χ0v) is 12.4. The van der Waals surface area contributed by atoms with Crippen molar-refractivity contribution in [3.8, 4) is 0 Å². The average Bonchev–Trinajstić information content (AvgIpc) is 2.17. The summed E-state index contributed by atoms with van der Waals surface area (Å²) >= 11 is 0. The molecule has 0 aromatic rings. The van der Waals surface area contributed by atoms with Gasteiger partial charge in [-0.1, -0.05) is 0 Å². The van der Waals surface area contributed by atoms with Crippen molar-refractivity contribution < 1.29 is 45.5 Å². The van der Waals surface area contributed by atoms with Gasteiger partial charge in [0.1, 0.15) is 5.78 Å². The van der Waals surface area contributed by atoms with E-state index in [1.54, 1.807) is 20.8 Å². The standard InChI is InChI=1S/C11H20O5.Ti/c1-5-14-11(15-6-2,16-7-3)10(13)8-9(4)12;/h5-8H2,1-4H3;. The number of carbonyl (C=O) groups excluding carboxylic acids is 2. The van der Waals surface area contributed by atoms with Gasteiger partial charge in [-0.3, -0.25) is 9.59 Å². The molecule has 0 bridgehead atoms. The van der Waals surface area contributed by atoms with Crippen LogP contribution >= 0.6 is 0 Å². The van der Waals surface area contributed by atoms with E-state index in [0.29, 0.717) is 0 Å². The van der Waals surface area contributed by atoms with E-state index in [0.717, 1.165) is 0 Å². The van der Waals surface area contributed by atoms with Crippen molar-refractivity contribution in [2.45, 2.75) is 40.1 Å². The molecule has 0 aromatic heterocycles. The molecule has 0 aliphatic rings.